The Kier molecular flexibility index (Phi) is 5.46. The minimum atomic E-state index is -0.442. The number of nitrogens with zero attached hydrogens (tertiary/aromatic N) is 1. The molecule has 0 atom stereocenters. The van der Waals surface area contributed by atoms with Crippen molar-refractivity contribution in [2.45, 2.75) is 64.0 Å². The average molecular weight is 432 g/mol. The van der Waals surface area contributed by atoms with E-state index in [4.69, 9.17) is 10.5 Å². The van der Waals surface area contributed by atoms with E-state index in [0.29, 0.717) is 24.6 Å². The van der Waals surface area contributed by atoms with Crippen molar-refractivity contribution in [1.29, 1.82) is 0 Å². The third-order valence-corrected chi connectivity index (χ3v) is 7.06. The third kappa shape index (κ3) is 3.69. The summed E-state index contributed by atoms with van der Waals surface area (Å²) < 4.78 is 8.51. The van der Waals surface area contributed by atoms with E-state index in [1.54, 1.807) is 0 Å². The number of benzene rings is 2. The number of hydrogen-bond acceptors (Lipinski definition) is 3. The van der Waals surface area contributed by atoms with Crippen molar-refractivity contribution in [3.05, 3.63) is 53.6 Å². The largest absolute Gasteiger partial charge is 0.491 e. The minimum absolute atomic E-state index is 0.0811. The van der Waals surface area contributed by atoms with Gasteiger partial charge in [-0.25, -0.2) is 0 Å². The highest BCUT2D eigenvalue weighted by Crippen LogP contribution is 2.47. The molecule has 3 aromatic rings. The van der Waals surface area contributed by atoms with Crippen LogP contribution in [-0.4, -0.2) is 29.2 Å². The molecule has 1 aliphatic carbocycles. The van der Waals surface area contributed by atoms with Crippen LogP contribution in [-0.2, 0) is 6.54 Å². The molecule has 1 aliphatic heterocycles. The summed E-state index contributed by atoms with van der Waals surface area (Å²) in [6.07, 6.45) is 6.34. The zero-order valence-electron chi connectivity index (χ0n) is 19.1. The second-order valence-corrected chi connectivity index (χ2v) is 9.87. The summed E-state index contributed by atoms with van der Waals surface area (Å²) in [5.74, 6) is 1.42. The zero-order chi connectivity index (χ0) is 22.3. The molecule has 0 bridgehead atoms. The van der Waals surface area contributed by atoms with Crippen molar-refractivity contribution in [2.24, 2.45) is 5.73 Å². The predicted molar refractivity (Wildman–Crippen MR) is 129 cm³/mol. The van der Waals surface area contributed by atoms with E-state index in [1.165, 1.54) is 48.7 Å². The number of nitrogens with one attached hydrogen (secondary N) is 1. The normalized spacial score (nSPS) is 16.7. The van der Waals surface area contributed by atoms with Crippen LogP contribution >= 0.6 is 0 Å². The molecule has 0 radical (unpaired) electrons. The number of para-hydroxylation sites is 1. The standard InChI is InChI=1S/C27H33N3O2/c1-27(2,17-28)29-26(31)19-12-13-20-22(16-19)30-14-15-32-23-11-7-6-10-21(23)25(30)24(20)18-8-4-3-5-9-18/h6-7,10-13,16,18H,3-5,8-9,14-15,17,28H2,1-2H3,(H,29,31). The van der Waals surface area contributed by atoms with Gasteiger partial charge in [-0.2, -0.15) is 0 Å². The molecule has 5 rings (SSSR count). The fourth-order valence-corrected chi connectivity index (χ4v) is 5.31. The van der Waals surface area contributed by atoms with Crippen molar-refractivity contribution < 1.29 is 9.53 Å². The Bertz CT molecular complexity index is 1160. The van der Waals surface area contributed by atoms with Crippen molar-refractivity contribution in [3.8, 4) is 17.0 Å². The maximum Gasteiger partial charge on any atom is 0.251 e. The molecule has 0 unspecified atom stereocenters. The first-order valence-corrected chi connectivity index (χ1v) is 11.9. The van der Waals surface area contributed by atoms with Gasteiger partial charge in [0.15, 0.2) is 0 Å². The molecule has 3 N–H and O–H groups in total. The minimum Gasteiger partial charge on any atom is -0.491 e. The Morgan fingerprint density at radius 2 is 1.94 bits per heavy atom. The van der Waals surface area contributed by atoms with Crippen LogP contribution in [0.15, 0.2) is 42.5 Å². The second kappa shape index (κ2) is 8.28. The molecule has 2 aromatic carbocycles. The molecule has 1 aromatic heterocycles. The molecule has 1 amide bonds. The van der Waals surface area contributed by atoms with Gasteiger partial charge in [0.1, 0.15) is 12.4 Å². The molecule has 168 valence electrons. The first kappa shape index (κ1) is 21.1. The van der Waals surface area contributed by atoms with E-state index < -0.39 is 5.54 Å². The van der Waals surface area contributed by atoms with Crippen molar-refractivity contribution >= 4 is 16.8 Å². The van der Waals surface area contributed by atoms with Crippen LogP contribution in [0.4, 0.5) is 0 Å². The van der Waals surface area contributed by atoms with E-state index >= 15 is 0 Å². The van der Waals surface area contributed by atoms with Gasteiger partial charge in [0, 0.05) is 34.1 Å². The summed E-state index contributed by atoms with van der Waals surface area (Å²) in [6, 6.07) is 14.6. The lowest BCUT2D eigenvalue weighted by atomic mass is 9.81. The van der Waals surface area contributed by atoms with E-state index in [2.05, 4.69) is 40.2 Å². The van der Waals surface area contributed by atoms with Crippen LogP contribution in [0.1, 0.15) is 67.8 Å². The highest BCUT2D eigenvalue weighted by molar-refractivity contribution is 6.01. The molecular formula is C27H33N3O2. The fraction of sp³-hybridized carbons (Fsp3) is 0.444. The molecule has 1 fully saturated rings. The van der Waals surface area contributed by atoms with Crippen LogP contribution in [0.3, 0.4) is 0 Å². The van der Waals surface area contributed by atoms with Crippen molar-refractivity contribution in [2.75, 3.05) is 13.2 Å². The SMILES string of the molecule is CC(C)(CN)NC(=O)c1ccc2c(C3CCCCC3)c3n(c2c1)CCOc1ccccc1-3. The monoisotopic (exact) mass is 431 g/mol. The Labute approximate surface area is 189 Å². The Morgan fingerprint density at radius 1 is 1.16 bits per heavy atom. The smallest absolute Gasteiger partial charge is 0.251 e. The lowest BCUT2D eigenvalue weighted by molar-refractivity contribution is 0.0916. The second-order valence-electron chi connectivity index (χ2n) is 9.87. The maximum atomic E-state index is 13.0. The van der Waals surface area contributed by atoms with Gasteiger partial charge in [-0.05, 0) is 62.4 Å². The molecule has 2 aliphatic rings. The highest BCUT2D eigenvalue weighted by atomic mass is 16.5. The fourth-order valence-electron chi connectivity index (χ4n) is 5.31. The number of fused-ring (bicyclic) bond motifs is 5. The van der Waals surface area contributed by atoms with Gasteiger partial charge < -0.3 is 20.4 Å². The summed E-state index contributed by atoms with van der Waals surface area (Å²) >= 11 is 0. The predicted octanol–water partition coefficient (Wildman–Crippen LogP) is 5.22. The number of carbonyl (C=O) groups is 1. The number of nitrogens with two attached hydrogens (primary N) is 1. The number of aromatic nitrogens is 1. The van der Waals surface area contributed by atoms with Gasteiger partial charge >= 0.3 is 0 Å². The maximum absolute atomic E-state index is 13.0. The average Bonchev–Trinajstić information content (AvgIpc) is 3.00. The lowest BCUT2D eigenvalue weighted by Gasteiger charge is -2.24. The summed E-state index contributed by atoms with van der Waals surface area (Å²) in [5, 5.41) is 4.34. The van der Waals surface area contributed by atoms with Crippen LogP contribution < -0.4 is 15.8 Å². The number of hydrogen-bond donors (Lipinski definition) is 2. The van der Waals surface area contributed by atoms with E-state index in [9.17, 15) is 4.79 Å². The van der Waals surface area contributed by atoms with Crippen LogP contribution in [0.2, 0.25) is 0 Å². The summed E-state index contributed by atoms with van der Waals surface area (Å²) in [4.78, 5) is 13.0. The molecule has 32 heavy (non-hydrogen) atoms. The first-order valence-electron chi connectivity index (χ1n) is 11.9. The first-order chi connectivity index (χ1) is 15.5. The topological polar surface area (TPSA) is 69.3 Å². The van der Waals surface area contributed by atoms with Gasteiger partial charge in [0.05, 0.1) is 12.2 Å². The van der Waals surface area contributed by atoms with Gasteiger partial charge in [0.2, 0.25) is 0 Å². The third-order valence-electron chi connectivity index (χ3n) is 7.06. The molecule has 1 saturated carbocycles. The van der Waals surface area contributed by atoms with Crippen molar-refractivity contribution in [1.82, 2.24) is 9.88 Å². The number of carbonyl (C=O) groups excluding carboxylic acids is 1. The van der Waals surface area contributed by atoms with Gasteiger partial charge in [-0.15, -0.1) is 0 Å². The molecule has 5 heteroatoms. The molecule has 0 spiro atoms. The lowest BCUT2D eigenvalue weighted by Crippen LogP contribution is -2.48. The van der Waals surface area contributed by atoms with Crippen LogP contribution in [0.25, 0.3) is 22.2 Å². The summed E-state index contributed by atoms with van der Waals surface area (Å²) in [5.41, 5.74) is 11.1. The summed E-state index contributed by atoms with van der Waals surface area (Å²) in [7, 11) is 0. The Morgan fingerprint density at radius 3 is 2.72 bits per heavy atom. The van der Waals surface area contributed by atoms with E-state index in [-0.39, 0.29) is 5.91 Å². The van der Waals surface area contributed by atoms with Gasteiger partial charge in [-0.1, -0.05) is 37.5 Å². The van der Waals surface area contributed by atoms with Crippen LogP contribution in [0, 0.1) is 0 Å². The van der Waals surface area contributed by atoms with E-state index in [0.717, 1.165) is 23.4 Å². The number of rotatable bonds is 4. The van der Waals surface area contributed by atoms with Crippen molar-refractivity contribution in [3.63, 3.8) is 0 Å². The number of ether oxygens (including phenoxy) is 1. The Balaban J connectivity index is 1.70. The van der Waals surface area contributed by atoms with E-state index in [1.807, 2.05) is 26.0 Å². The zero-order valence-corrected chi connectivity index (χ0v) is 19.1. The molecule has 0 saturated heterocycles. The summed E-state index contributed by atoms with van der Waals surface area (Å²) in [6.45, 7) is 5.67. The highest BCUT2D eigenvalue weighted by Gasteiger charge is 2.29. The van der Waals surface area contributed by atoms with Crippen LogP contribution in [0.5, 0.6) is 5.75 Å². The van der Waals surface area contributed by atoms with Gasteiger partial charge in [-0.3, -0.25) is 4.79 Å². The molecule has 2 heterocycles. The molecule has 5 nitrogen and oxygen atoms in total. The molecular weight excluding hydrogens is 398 g/mol. The number of amides is 1. The van der Waals surface area contributed by atoms with Gasteiger partial charge in [0.25, 0.3) is 5.91 Å². The quantitative estimate of drug-likeness (QED) is 0.595. The Hall–Kier alpha value is -2.79.